The van der Waals surface area contributed by atoms with Crippen molar-refractivity contribution >= 4 is 0 Å². The van der Waals surface area contributed by atoms with Crippen LogP contribution in [0.15, 0.2) is 40.1 Å². The van der Waals surface area contributed by atoms with Crippen LogP contribution < -0.4 is 11.2 Å². The molecule has 1 aliphatic rings. The van der Waals surface area contributed by atoms with Crippen LogP contribution in [0.5, 0.6) is 0 Å². The van der Waals surface area contributed by atoms with Crippen LogP contribution in [-0.2, 0) is 16.2 Å². The van der Waals surface area contributed by atoms with Crippen molar-refractivity contribution in [2.45, 2.75) is 116 Å². The largest absolute Gasteiger partial charge is 0.394 e. The van der Waals surface area contributed by atoms with Gasteiger partial charge in [0.15, 0.2) is 0 Å². The molecule has 8 nitrogen and oxygen atoms in total. The fourth-order valence-electron chi connectivity index (χ4n) is 4.31. The second-order valence-corrected chi connectivity index (χ2v) is 9.64. The Morgan fingerprint density at radius 2 is 1.68 bits per heavy atom. The molecule has 1 saturated heterocycles. The lowest BCUT2D eigenvalue weighted by Gasteiger charge is -2.16. The monoisotopic (exact) mass is 524 g/mol. The zero-order chi connectivity index (χ0) is 26.9. The van der Waals surface area contributed by atoms with Gasteiger partial charge < -0.3 is 19.7 Å². The first-order valence-corrected chi connectivity index (χ1v) is 13.8. The molecule has 1 aliphatic heterocycles. The smallest absolute Gasteiger partial charge is 0.335 e. The first-order chi connectivity index (χ1) is 18.0. The molecule has 0 bridgehead atoms. The van der Waals surface area contributed by atoms with E-state index in [4.69, 9.17) is 9.47 Å². The van der Waals surface area contributed by atoms with Gasteiger partial charge in [-0.25, -0.2) is 9.36 Å². The van der Waals surface area contributed by atoms with Crippen LogP contribution in [0.1, 0.15) is 96.6 Å². The van der Waals surface area contributed by atoms with Gasteiger partial charge in [-0.3, -0.25) is 9.36 Å². The van der Waals surface area contributed by atoms with Gasteiger partial charge in [-0.05, 0) is 38.5 Å². The molecule has 0 amide bonds. The highest BCUT2D eigenvalue weighted by molar-refractivity contribution is 4.94. The van der Waals surface area contributed by atoms with Gasteiger partial charge in [0.1, 0.15) is 19.1 Å². The van der Waals surface area contributed by atoms with E-state index in [2.05, 4.69) is 31.2 Å². The Morgan fingerprint density at radius 3 is 2.32 bits per heavy atom. The highest BCUT2D eigenvalue weighted by atomic mass is 19.1. The molecule has 2 rings (SSSR count). The quantitative estimate of drug-likeness (QED) is 0.203. The fourth-order valence-corrected chi connectivity index (χ4v) is 4.31. The van der Waals surface area contributed by atoms with Gasteiger partial charge in [-0.1, -0.05) is 69.8 Å². The number of nitrogens with zero attached hydrogens (tertiary/aromatic N) is 2. The summed E-state index contributed by atoms with van der Waals surface area (Å²) in [6, 6.07) is 0. The normalized spacial score (nSPS) is 20.1. The van der Waals surface area contributed by atoms with Gasteiger partial charge in [-0.15, -0.1) is 0 Å². The third-order valence-corrected chi connectivity index (χ3v) is 6.56. The Balaban J connectivity index is 1.58. The van der Waals surface area contributed by atoms with Crippen molar-refractivity contribution in [1.82, 2.24) is 9.13 Å². The summed E-state index contributed by atoms with van der Waals surface area (Å²) in [7, 11) is 0. The molecule has 0 unspecified atom stereocenters. The van der Waals surface area contributed by atoms with Gasteiger partial charge >= 0.3 is 5.69 Å². The van der Waals surface area contributed by atoms with Crippen molar-refractivity contribution in [2.75, 3.05) is 13.2 Å². The minimum atomic E-state index is -1.11. The maximum absolute atomic E-state index is 14.2. The van der Waals surface area contributed by atoms with E-state index in [-0.39, 0.29) is 13.2 Å². The van der Waals surface area contributed by atoms with Gasteiger partial charge in [0.2, 0.25) is 5.82 Å². The molecule has 0 radical (unpaired) electrons. The molecule has 0 aliphatic carbocycles. The minimum Gasteiger partial charge on any atom is -0.394 e. The van der Waals surface area contributed by atoms with Crippen molar-refractivity contribution in [3.8, 4) is 0 Å². The predicted octanol–water partition coefficient (Wildman–Crippen LogP) is 4.58. The van der Waals surface area contributed by atoms with E-state index in [0.717, 1.165) is 49.3 Å². The molecule has 37 heavy (non-hydrogen) atoms. The molecule has 0 spiro atoms. The van der Waals surface area contributed by atoms with Crippen molar-refractivity contribution < 1.29 is 24.1 Å². The highest BCUT2D eigenvalue weighted by Gasteiger charge is 2.35. The Hall–Kier alpha value is -2.07. The van der Waals surface area contributed by atoms with E-state index < -0.39 is 42.1 Å². The topological polar surface area (TPSA) is 103 Å². The Kier molecular flexibility index (Phi) is 15.3. The number of allylic oxidation sites excluding steroid dienone is 4. The molecule has 0 saturated carbocycles. The number of unbranched alkanes of at least 4 members (excludes halogenated alkanes) is 9. The van der Waals surface area contributed by atoms with Gasteiger partial charge in [0.25, 0.3) is 5.56 Å². The van der Waals surface area contributed by atoms with E-state index in [9.17, 15) is 24.2 Å². The first-order valence-electron chi connectivity index (χ1n) is 13.8. The zero-order valence-corrected chi connectivity index (χ0v) is 22.2. The fraction of sp³-hybridized carbons (Fsp3) is 0.714. The van der Waals surface area contributed by atoms with Gasteiger partial charge in [0.05, 0.1) is 18.9 Å². The minimum absolute atomic E-state index is 0.0104. The van der Waals surface area contributed by atoms with Crippen molar-refractivity contribution in [2.24, 2.45) is 0 Å². The second-order valence-electron chi connectivity index (χ2n) is 9.64. The Bertz CT molecular complexity index is 942. The molecular weight excluding hydrogens is 479 g/mol. The molecule has 9 heteroatoms. The van der Waals surface area contributed by atoms with Crippen LogP contribution in [0.2, 0.25) is 0 Å². The van der Waals surface area contributed by atoms with Gasteiger partial charge in [-0.2, -0.15) is 4.39 Å². The summed E-state index contributed by atoms with van der Waals surface area (Å²) in [6.45, 7) is 1.81. The lowest BCUT2D eigenvalue weighted by atomic mass is 10.1. The van der Waals surface area contributed by atoms with Crippen LogP contribution >= 0.6 is 0 Å². The van der Waals surface area contributed by atoms with Crippen molar-refractivity contribution in [3.05, 3.63) is 57.2 Å². The maximum atomic E-state index is 14.2. The van der Waals surface area contributed by atoms with Crippen LogP contribution in [0.4, 0.5) is 4.39 Å². The average molecular weight is 525 g/mol. The SMILES string of the molecule is CCCCC/C=C\C/C=C\CCCCCCCCOCn1c(=O)c(F)cn([C@H]2C[C@H](O)[C@@H](CO)O2)c1=O. The summed E-state index contributed by atoms with van der Waals surface area (Å²) < 4.78 is 26.7. The van der Waals surface area contributed by atoms with E-state index in [1.165, 1.54) is 38.5 Å². The molecule has 1 aromatic rings. The summed E-state index contributed by atoms with van der Waals surface area (Å²) >= 11 is 0. The summed E-state index contributed by atoms with van der Waals surface area (Å²) in [6.07, 6.45) is 20.6. The summed E-state index contributed by atoms with van der Waals surface area (Å²) in [5, 5.41) is 19.1. The van der Waals surface area contributed by atoms with Crippen LogP contribution in [0, 0.1) is 5.82 Å². The van der Waals surface area contributed by atoms with Crippen molar-refractivity contribution in [1.29, 1.82) is 0 Å². The third kappa shape index (κ3) is 11.1. The number of ether oxygens (including phenoxy) is 2. The molecule has 2 heterocycles. The number of halogens is 1. The van der Waals surface area contributed by atoms with Crippen LogP contribution in [0.3, 0.4) is 0 Å². The molecular formula is C28H45FN2O6. The second kappa shape index (κ2) is 18.2. The van der Waals surface area contributed by atoms with Crippen LogP contribution in [-0.4, -0.2) is 44.8 Å². The average Bonchev–Trinajstić information content (AvgIpc) is 3.27. The van der Waals surface area contributed by atoms with E-state index in [1.807, 2.05) is 0 Å². The number of rotatable bonds is 19. The standard InChI is InChI=1S/C28H45FN2O6/c1-2-3-4-5-6-7-8-9-10-11-12-13-14-15-16-17-18-36-22-31-27(34)23(29)20-30(28(31)35)26-19-24(33)25(21-32)37-26/h6-7,9-10,20,24-26,32-33H,2-5,8,11-19,21-22H2,1H3/b7-6-,10-9-/t24-,25+,26+/m0/s1. The summed E-state index contributed by atoms with van der Waals surface area (Å²) in [4.78, 5) is 24.8. The van der Waals surface area contributed by atoms with E-state index >= 15 is 0 Å². The number of aliphatic hydroxyl groups excluding tert-OH is 2. The Labute approximate surface area is 219 Å². The van der Waals surface area contributed by atoms with Crippen LogP contribution in [0.25, 0.3) is 0 Å². The number of hydrogen-bond donors (Lipinski definition) is 2. The molecule has 0 aromatic carbocycles. The number of aliphatic hydroxyl groups is 2. The van der Waals surface area contributed by atoms with Crippen molar-refractivity contribution in [3.63, 3.8) is 0 Å². The van der Waals surface area contributed by atoms with Gasteiger partial charge in [0, 0.05) is 13.0 Å². The summed E-state index contributed by atoms with van der Waals surface area (Å²) in [5.74, 6) is -1.11. The number of aromatic nitrogens is 2. The summed E-state index contributed by atoms with van der Waals surface area (Å²) in [5.41, 5.74) is -1.84. The van der Waals surface area contributed by atoms with E-state index in [0.29, 0.717) is 11.2 Å². The predicted molar refractivity (Wildman–Crippen MR) is 142 cm³/mol. The molecule has 1 aromatic heterocycles. The molecule has 2 N–H and O–H groups in total. The number of hydrogen-bond acceptors (Lipinski definition) is 6. The first kappa shape index (κ1) is 31.1. The lowest BCUT2D eigenvalue weighted by molar-refractivity contribution is -0.0474. The molecule has 210 valence electrons. The van der Waals surface area contributed by atoms with E-state index in [1.54, 1.807) is 0 Å². The lowest BCUT2D eigenvalue weighted by Crippen LogP contribution is -2.43. The maximum Gasteiger partial charge on any atom is 0.335 e. The highest BCUT2D eigenvalue weighted by Crippen LogP contribution is 2.27. The molecule has 1 fully saturated rings. The zero-order valence-electron chi connectivity index (χ0n) is 22.2. The molecule has 3 atom stereocenters. The Morgan fingerprint density at radius 1 is 1.03 bits per heavy atom. The third-order valence-electron chi connectivity index (χ3n) is 6.56.